The van der Waals surface area contributed by atoms with Crippen LogP contribution < -0.4 is 10.1 Å². The highest BCUT2D eigenvalue weighted by atomic mass is 19.4. The lowest BCUT2D eigenvalue weighted by molar-refractivity contribution is -0.139. The monoisotopic (exact) mass is 298 g/mol. The summed E-state index contributed by atoms with van der Waals surface area (Å²) in [5.74, 6) is -0.424. The van der Waals surface area contributed by atoms with E-state index in [-0.39, 0.29) is 0 Å². The molecule has 0 unspecified atom stereocenters. The summed E-state index contributed by atoms with van der Waals surface area (Å²) >= 11 is 0. The van der Waals surface area contributed by atoms with Crippen LogP contribution in [0.15, 0.2) is 30.3 Å². The van der Waals surface area contributed by atoms with Crippen molar-refractivity contribution in [2.24, 2.45) is 0 Å². The zero-order chi connectivity index (χ0) is 15.5. The molecule has 7 heteroatoms. The molecule has 2 rings (SSSR count). The molecule has 0 radical (unpaired) electrons. The summed E-state index contributed by atoms with van der Waals surface area (Å²) in [4.78, 5) is 15.6. The number of ether oxygens (including phenoxy) is 1. The van der Waals surface area contributed by atoms with Crippen LogP contribution in [0.1, 0.15) is 5.69 Å². The van der Waals surface area contributed by atoms with Gasteiger partial charge in [0.2, 0.25) is 0 Å². The number of rotatable bonds is 4. The Labute approximate surface area is 118 Å². The lowest BCUT2D eigenvalue weighted by atomic mass is 10.2. The Morgan fingerprint density at radius 3 is 2.76 bits per heavy atom. The van der Waals surface area contributed by atoms with E-state index in [2.05, 4.69) is 4.98 Å². The maximum Gasteiger partial charge on any atom is 0.405 e. The first-order valence-corrected chi connectivity index (χ1v) is 6.18. The fourth-order valence-electron chi connectivity index (χ4n) is 1.75. The second-order valence-corrected chi connectivity index (χ2v) is 4.46. The molecule has 1 aromatic heterocycles. The SMILES string of the molecule is Cc1ccc2c(OCC(=O)NCC(F)(F)F)cccc2n1. The van der Waals surface area contributed by atoms with Gasteiger partial charge in [-0.1, -0.05) is 6.07 Å². The maximum absolute atomic E-state index is 12.0. The minimum Gasteiger partial charge on any atom is -0.483 e. The number of halogens is 3. The average Bonchev–Trinajstić information content (AvgIpc) is 2.41. The molecule has 1 heterocycles. The summed E-state index contributed by atoms with van der Waals surface area (Å²) in [6.07, 6.45) is -4.43. The smallest absolute Gasteiger partial charge is 0.405 e. The molecule has 1 aromatic carbocycles. The van der Waals surface area contributed by atoms with E-state index < -0.39 is 25.2 Å². The maximum atomic E-state index is 12.0. The number of carbonyl (C=O) groups excluding carboxylic acids is 1. The standard InChI is InChI=1S/C14H13F3N2O2/c1-9-5-6-10-11(19-9)3-2-4-12(10)21-7-13(20)18-8-14(15,16)17/h2-6H,7-8H2,1H3,(H,18,20). The van der Waals surface area contributed by atoms with E-state index in [4.69, 9.17) is 4.74 Å². The Balaban J connectivity index is 2.02. The highest BCUT2D eigenvalue weighted by molar-refractivity contribution is 5.86. The van der Waals surface area contributed by atoms with Crippen LogP contribution in [0.3, 0.4) is 0 Å². The van der Waals surface area contributed by atoms with Crippen molar-refractivity contribution in [1.29, 1.82) is 0 Å². The van der Waals surface area contributed by atoms with Gasteiger partial charge in [-0.3, -0.25) is 9.78 Å². The van der Waals surface area contributed by atoms with E-state index >= 15 is 0 Å². The summed E-state index contributed by atoms with van der Waals surface area (Å²) in [6, 6.07) is 8.71. The van der Waals surface area contributed by atoms with Crippen LogP contribution in [0.5, 0.6) is 5.75 Å². The number of carbonyl (C=O) groups is 1. The molecular weight excluding hydrogens is 285 g/mol. The normalized spacial score (nSPS) is 11.4. The van der Waals surface area contributed by atoms with Crippen LogP contribution in [0, 0.1) is 6.92 Å². The molecule has 0 saturated heterocycles. The van der Waals surface area contributed by atoms with Crippen molar-refractivity contribution in [3.05, 3.63) is 36.0 Å². The Kier molecular flexibility index (Phi) is 4.30. The summed E-state index contributed by atoms with van der Waals surface area (Å²) in [6.45, 7) is -0.00783. The molecule has 21 heavy (non-hydrogen) atoms. The molecule has 0 fully saturated rings. The van der Waals surface area contributed by atoms with Crippen molar-refractivity contribution in [2.45, 2.75) is 13.1 Å². The minimum atomic E-state index is -4.43. The molecule has 2 aromatic rings. The highest BCUT2D eigenvalue weighted by Gasteiger charge is 2.27. The molecule has 0 aliphatic carbocycles. The predicted molar refractivity (Wildman–Crippen MR) is 71.0 cm³/mol. The lowest BCUT2D eigenvalue weighted by Gasteiger charge is -2.11. The van der Waals surface area contributed by atoms with Crippen molar-refractivity contribution in [3.8, 4) is 5.75 Å². The van der Waals surface area contributed by atoms with E-state index in [1.807, 2.05) is 6.92 Å². The second kappa shape index (κ2) is 5.99. The average molecular weight is 298 g/mol. The second-order valence-electron chi connectivity index (χ2n) is 4.46. The van der Waals surface area contributed by atoms with Crippen molar-refractivity contribution in [2.75, 3.05) is 13.2 Å². The van der Waals surface area contributed by atoms with Crippen molar-refractivity contribution >= 4 is 16.8 Å². The molecular formula is C14H13F3N2O2. The van der Waals surface area contributed by atoms with Crippen LogP contribution in [0.25, 0.3) is 10.9 Å². The predicted octanol–water partition coefficient (Wildman–Crippen LogP) is 2.60. The topological polar surface area (TPSA) is 51.2 Å². The summed E-state index contributed by atoms with van der Waals surface area (Å²) in [5, 5.41) is 2.45. The van der Waals surface area contributed by atoms with Gasteiger partial charge in [0.05, 0.1) is 5.52 Å². The number of aromatic nitrogens is 1. The number of aryl methyl sites for hydroxylation is 1. The van der Waals surface area contributed by atoms with E-state index in [0.29, 0.717) is 16.7 Å². The van der Waals surface area contributed by atoms with Crippen LogP contribution in [0.2, 0.25) is 0 Å². The molecule has 0 aliphatic rings. The number of alkyl halides is 3. The van der Waals surface area contributed by atoms with Crippen LogP contribution in [0.4, 0.5) is 13.2 Å². The molecule has 0 saturated carbocycles. The number of fused-ring (bicyclic) bond motifs is 1. The molecule has 4 nitrogen and oxygen atoms in total. The van der Waals surface area contributed by atoms with Gasteiger partial charge in [-0.2, -0.15) is 13.2 Å². The summed E-state index contributed by atoms with van der Waals surface area (Å²) < 4.78 is 41.2. The highest BCUT2D eigenvalue weighted by Crippen LogP contribution is 2.24. The van der Waals surface area contributed by atoms with Crippen molar-refractivity contribution in [3.63, 3.8) is 0 Å². The first-order chi connectivity index (χ1) is 9.85. The molecule has 1 N–H and O–H groups in total. The third-order valence-electron chi connectivity index (χ3n) is 2.68. The Morgan fingerprint density at radius 1 is 1.29 bits per heavy atom. The largest absolute Gasteiger partial charge is 0.483 e. The zero-order valence-corrected chi connectivity index (χ0v) is 11.2. The van der Waals surface area contributed by atoms with Crippen molar-refractivity contribution < 1.29 is 22.7 Å². The molecule has 0 aliphatic heterocycles. The Bertz CT molecular complexity index is 656. The fraction of sp³-hybridized carbons (Fsp3) is 0.286. The van der Waals surface area contributed by atoms with Gasteiger partial charge in [-0.15, -0.1) is 0 Å². The molecule has 0 atom stereocenters. The molecule has 112 valence electrons. The van der Waals surface area contributed by atoms with Gasteiger partial charge in [-0.25, -0.2) is 0 Å². The van der Waals surface area contributed by atoms with Gasteiger partial charge >= 0.3 is 6.18 Å². The number of nitrogens with one attached hydrogen (secondary N) is 1. The molecule has 1 amide bonds. The number of nitrogens with zero attached hydrogens (tertiary/aromatic N) is 1. The van der Waals surface area contributed by atoms with Gasteiger partial charge in [-0.05, 0) is 31.2 Å². The van der Waals surface area contributed by atoms with Gasteiger partial charge in [0.1, 0.15) is 12.3 Å². The fourth-order valence-corrected chi connectivity index (χ4v) is 1.75. The number of benzene rings is 1. The third-order valence-corrected chi connectivity index (χ3v) is 2.68. The molecule has 0 spiro atoms. The van der Waals surface area contributed by atoms with E-state index in [1.165, 1.54) is 0 Å². The van der Waals surface area contributed by atoms with E-state index in [0.717, 1.165) is 5.69 Å². The van der Waals surface area contributed by atoms with Gasteiger partial charge < -0.3 is 10.1 Å². The number of pyridine rings is 1. The Hall–Kier alpha value is -2.31. The van der Waals surface area contributed by atoms with Gasteiger partial charge in [0.15, 0.2) is 6.61 Å². The quantitative estimate of drug-likeness (QED) is 0.944. The first kappa shape index (κ1) is 15.1. The van der Waals surface area contributed by atoms with Gasteiger partial charge in [0.25, 0.3) is 5.91 Å². The first-order valence-electron chi connectivity index (χ1n) is 6.18. The van der Waals surface area contributed by atoms with E-state index in [9.17, 15) is 18.0 Å². The number of hydrogen-bond donors (Lipinski definition) is 1. The number of hydrogen-bond acceptors (Lipinski definition) is 3. The zero-order valence-electron chi connectivity index (χ0n) is 11.2. The van der Waals surface area contributed by atoms with Crippen LogP contribution >= 0.6 is 0 Å². The summed E-state index contributed by atoms with van der Waals surface area (Å²) in [5.41, 5.74) is 1.53. The summed E-state index contributed by atoms with van der Waals surface area (Å²) in [7, 11) is 0. The Morgan fingerprint density at radius 2 is 2.05 bits per heavy atom. The molecule has 0 bridgehead atoms. The number of amides is 1. The van der Waals surface area contributed by atoms with Gasteiger partial charge in [0, 0.05) is 11.1 Å². The lowest BCUT2D eigenvalue weighted by Crippen LogP contribution is -2.36. The van der Waals surface area contributed by atoms with Crippen molar-refractivity contribution in [1.82, 2.24) is 10.3 Å². The van der Waals surface area contributed by atoms with E-state index in [1.54, 1.807) is 35.6 Å². The van der Waals surface area contributed by atoms with Crippen LogP contribution in [-0.4, -0.2) is 30.2 Å². The third kappa shape index (κ3) is 4.34. The van der Waals surface area contributed by atoms with Crippen LogP contribution in [-0.2, 0) is 4.79 Å². The minimum absolute atomic E-state index is 0.405.